The van der Waals surface area contributed by atoms with Crippen molar-refractivity contribution >= 4 is 59.4 Å². The standard InChI is InChI=1S/C35H44N4O6S2/c1-9-20-18(5)32(40)38-26(20)13-24-16(3)22(11-30(46-7)34(42)43)28(36-24)15-29-23(12-31(47-8)35(44)45)17(4)25(37-29)14-27-21(10-2)19(6)33(41)39-27/h13-14,30-31,36-37H,9-12,15H2,1-8H3,(H,38,40)(H,39,41)(H,42,43)(H,44,45)/b26-13-,27-14-/t30-,31-/m1/s1. The number of amides is 2. The molecule has 10 nitrogen and oxygen atoms in total. The molecule has 4 rings (SSSR count). The Kier molecular flexibility index (Phi) is 11.4. The molecular formula is C35H44N4O6S2. The lowest BCUT2D eigenvalue weighted by atomic mass is 9.97. The minimum absolute atomic E-state index is 0.129. The van der Waals surface area contributed by atoms with Gasteiger partial charge in [-0.1, -0.05) is 13.8 Å². The molecule has 0 bridgehead atoms. The van der Waals surface area contributed by atoms with Crippen molar-refractivity contribution in [1.82, 2.24) is 20.6 Å². The lowest BCUT2D eigenvalue weighted by Crippen LogP contribution is -2.20. The highest BCUT2D eigenvalue weighted by molar-refractivity contribution is 8.00. The van der Waals surface area contributed by atoms with Crippen molar-refractivity contribution in [2.75, 3.05) is 12.5 Å². The molecule has 2 atom stereocenters. The van der Waals surface area contributed by atoms with E-state index in [1.807, 2.05) is 53.7 Å². The Balaban J connectivity index is 1.88. The first-order chi connectivity index (χ1) is 22.3. The van der Waals surface area contributed by atoms with Crippen LogP contribution >= 0.6 is 23.5 Å². The third kappa shape index (κ3) is 7.33. The quantitative estimate of drug-likeness (QED) is 0.149. The molecule has 0 unspecified atom stereocenters. The number of hydrogen-bond donors (Lipinski definition) is 6. The van der Waals surface area contributed by atoms with E-state index in [1.54, 1.807) is 12.5 Å². The van der Waals surface area contributed by atoms with Gasteiger partial charge in [-0.25, -0.2) is 0 Å². The van der Waals surface area contributed by atoms with Gasteiger partial charge in [0.05, 0.1) is 0 Å². The average Bonchev–Trinajstić information content (AvgIpc) is 3.67. The number of aliphatic carboxylic acids is 2. The number of thioether (sulfide) groups is 2. The number of nitrogens with one attached hydrogen (secondary N) is 4. The third-order valence-electron chi connectivity index (χ3n) is 9.28. The van der Waals surface area contributed by atoms with E-state index >= 15 is 0 Å². The maximum Gasteiger partial charge on any atom is 0.316 e. The number of rotatable bonds is 14. The maximum absolute atomic E-state index is 12.5. The van der Waals surface area contributed by atoms with Crippen LogP contribution in [0.1, 0.15) is 85.6 Å². The lowest BCUT2D eigenvalue weighted by Gasteiger charge is -2.13. The zero-order valence-electron chi connectivity index (χ0n) is 28.2. The van der Waals surface area contributed by atoms with E-state index in [9.17, 15) is 29.4 Å². The van der Waals surface area contributed by atoms with Crippen molar-refractivity contribution in [3.05, 3.63) is 78.7 Å². The van der Waals surface area contributed by atoms with Crippen molar-refractivity contribution in [2.24, 2.45) is 0 Å². The monoisotopic (exact) mass is 680 g/mol. The van der Waals surface area contributed by atoms with Crippen molar-refractivity contribution < 1.29 is 29.4 Å². The van der Waals surface area contributed by atoms with Gasteiger partial charge in [0, 0.05) is 51.7 Å². The van der Waals surface area contributed by atoms with E-state index in [0.717, 1.165) is 67.6 Å². The Bertz CT molecular complexity index is 1630. The number of carbonyl (C=O) groups is 4. The molecule has 0 spiro atoms. The van der Waals surface area contributed by atoms with Gasteiger partial charge in [-0.2, -0.15) is 0 Å². The van der Waals surface area contributed by atoms with Crippen molar-refractivity contribution in [1.29, 1.82) is 0 Å². The maximum atomic E-state index is 12.5. The summed E-state index contributed by atoms with van der Waals surface area (Å²) in [5.41, 5.74) is 11.4. The number of aromatic amines is 2. The molecular weight excluding hydrogens is 637 g/mol. The minimum Gasteiger partial charge on any atom is -0.480 e. The van der Waals surface area contributed by atoms with Crippen LogP contribution in [0.15, 0.2) is 33.7 Å². The summed E-state index contributed by atoms with van der Waals surface area (Å²) >= 11 is 2.54. The summed E-state index contributed by atoms with van der Waals surface area (Å²) < 4.78 is 0. The topological polar surface area (TPSA) is 164 Å². The van der Waals surface area contributed by atoms with Gasteiger partial charge in [-0.15, -0.1) is 23.5 Å². The molecule has 2 aliphatic rings. The molecule has 4 heterocycles. The highest BCUT2D eigenvalue weighted by Crippen LogP contribution is 2.33. The van der Waals surface area contributed by atoms with Crippen LogP contribution < -0.4 is 10.6 Å². The predicted molar refractivity (Wildman–Crippen MR) is 189 cm³/mol. The van der Waals surface area contributed by atoms with Crippen molar-refractivity contribution in [2.45, 2.75) is 84.1 Å². The summed E-state index contributed by atoms with van der Waals surface area (Å²) in [6, 6.07) is 0. The Morgan fingerprint density at radius 2 is 1.06 bits per heavy atom. The molecule has 2 aromatic rings. The third-order valence-corrected chi connectivity index (χ3v) is 11.2. The van der Waals surface area contributed by atoms with Crippen LogP contribution in [0.3, 0.4) is 0 Å². The molecule has 12 heteroatoms. The van der Waals surface area contributed by atoms with Crippen LogP contribution in [-0.2, 0) is 38.4 Å². The number of allylic oxidation sites excluding steroid dienone is 2. The highest BCUT2D eigenvalue weighted by atomic mass is 32.2. The van der Waals surface area contributed by atoms with E-state index in [1.165, 1.54) is 23.5 Å². The first-order valence-electron chi connectivity index (χ1n) is 15.6. The van der Waals surface area contributed by atoms with Gasteiger partial charge in [0.15, 0.2) is 0 Å². The summed E-state index contributed by atoms with van der Waals surface area (Å²) in [6.45, 7) is 11.5. The van der Waals surface area contributed by atoms with Crippen LogP contribution in [0, 0.1) is 13.8 Å². The number of carboxylic acid groups (broad SMARTS) is 2. The Morgan fingerprint density at radius 3 is 1.36 bits per heavy atom. The summed E-state index contributed by atoms with van der Waals surface area (Å²) in [5.74, 6) is -2.06. The minimum atomic E-state index is -0.901. The van der Waals surface area contributed by atoms with E-state index in [0.29, 0.717) is 30.4 Å². The van der Waals surface area contributed by atoms with Crippen LogP contribution in [0.2, 0.25) is 0 Å². The second-order valence-electron chi connectivity index (χ2n) is 11.9. The van der Waals surface area contributed by atoms with Gasteiger partial charge >= 0.3 is 11.9 Å². The van der Waals surface area contributed by atoms with Gasteiger partial charge in [0.25, 0.3) is 11.8 Å². The molecule has 0 saturated heterocycles. The molecule has 252 valence electrons. The number of hydrogen-bond acceptors (Lipinski definition) is 6. The number of H-pyrrole nitrogens is 2. The number of carbonyl (C=O) groups excluding carboxylic acids is 2. The molecule has 2 aliphatic heterocycles. The molecule has 0 aliphatic carbocycles. The Morgan fingerprint density at radius 1 is 0.702 bits per heavy atom. The molecule has 6 N–H and O–H groups in total. The highest BCUT2D eigenvalue weighted by Gasteiger charge is 2.28. The van der Waals surface area contributed by atoms with E-state index in [-0.39, 0.29) is 24.7 Å². The van der Waals surface area contributed by atoms with Gasteiger partial charge < -0.3 is 30.8 Å². The second-order valence-corrected chi connectivity index (χ2v) is 14.0. The molecule has 0 radical (unpaired) electrons. The van der Waals surface area contributed by atoms with E-state index in [2.05, 4.69) is 20.6 Å². The average molecular weight is 681 g/mol. The molecule has 0 aromatic carbocycles. The number of aromatic nitrogens is 2. The Labute approximate surface area is 284 Å². The number of carboxylic acids is 2. The molecule has 0 fully saturated rings. The zero-order valence-corrected chi connectivity index (χ0v) is 29.8. The smallest absolute Gasteiger partial charge is 0.316 e. The van der Waals surface area contributed by atoms with Crippen LogP contribution in [0.4, 0.5) is 0 Å². The van der Waals surface area contributed by atoms with E-state index < -0.39 is 22.4 Å². The first kappa shape index (κ1) is 35.9. The molecule has 2 aromatic heterocycles. The van der Waals surface area contributed by atoms with Gasteiger partial charge in [0.1, 0.15) is 10.5 Å². The van der Waals surface area contributed by atoms with Gasteiger partial charge in [-0.3, -0.25) is 19.2 Å². The largest absolute Gasteiger partial charge is 0.480 e. The summed E-state index contributed by atoms with van der Waals surface area (Å²) in [4.78, 5) is 56.3. The van der Waals surface area contributed by atoms with Crippen molar-refractivity contribution in [3.8, 4) is 0 Å². The van der Waals surface area contributed by atoms with Gasteiger partial charge in [-0.05, 0) is 111 Å². The van der Waals surface area contributed by atoms with Crippen LogP contribution in [-0.4, -0.2) is 66.9 Å². The molecule has 0 saturated carbocycles. The normalized spacial score (nSPS) is 18.0. The zero-order chi connectivity index (χ0) is 34.7. The predicted octanol–water partition coefficient (Wildman–Crippen LogP) is 5.66. The summed E-state index contributed by atoms with van der Waals surface area (Å²) in [5, 5.41) is 24.5. The van der Waals surface area contributed by atoms with E-state index in [4.69, 9.17) is 0 Å². The van der Waals surface area contributed by atoms with Gasteiger partial charge in [0.2, 0.25) is 0 Å². The fourth-order valence-electron chi connectivity index (χ4n) is 6.38. The summed E-state index contributed by atoms with van der Waals surface area (Å²) in [6.07, 6.45) is 9.68. The first-order valence-corrected chi connectivity index (χ1v) is 18.2. The summed E-state index contributed by atoms with van der Waals surface area (Å²) in [7, 11) is 0. The second kappa shape index (κ2) is 14.9. The fourth-order valence-corrected chi connectivity index (χ4v) is 7.45. The fraction of sp³-hybridized carbons (Fsp3) is 0.429. The van der Waals surface area contributed by atoms with Crippen molar-refractivity contribution in [3.63, 3.8) is 0 Å². The van der Waals surface area contributed by atoms with Crippen LogP contribution in [0.5, 0.6) is 0 Å². The lowest BCUT2D eigenvalue weighted by molar-refractivity contribution is -0.137. The molecule has 2 amide bonds. The molecule has 47 heavy (non-hydrogen) atoms. The van der Waals surface area contributed by atoms with Crippen LogP contribution in [0.25, 0.3) is 12.2 Å². The SMILES string of the molecule is CCC1=C(C)C(=O)N/C1=C\c1[nH]c(Cc2[nH]c(/C=C3\NC(=O)C(C)=C3CC)c(C)c2C[C@@H](SC)C(=O)O)c(C[C@@H](SC)C(=O)O)c1C. The Hall–Kier alpha value is -3.90.